The summed E-state index contributed by atoms with van der Waals surface area (Å²) in [6.07, 6.45) is 0. The van der Waals surface area contributed by atoms with Gasteiger partial charge in [-0.25, -0.2) is 0 Å². The van der Waals surface area contributed by atoms with Gasteiger partial charge in [-0.3, -0.25) is 0 Å². The third kappa shape index (κ3) is 1.71. The summed E-state index contributed by atoms with van der Waals surface area (Å²) in [7, 11) is -1.42. The minimum absolute atomic E-state index is 0.383. The van der Waals surface area contributed by atoms with E-state index < -0.39 is 8.07 Å². The smallest absolute Gasteiger partial charge is 0.106 e. The topological polar surface area (TPSA) is 15.8 Å². The highest BCUT2D eigenvalue weighted by molar-refractivity contribution is 6.91. The first-order valence-corrected chi connectivity index (χ1v) is 8.90. The fourth-order valence-corrected chi connectivity index (χ4v) is 3.59. The summed E-state index contributed by atoms with van der Waals surface area (Å²) in [6, 6.07) is 10.9. The lowest BCUT2D eigenvalue weighted by atomic mass is 10.2. The van der Waals surface area contributed by atoms with Crippen molar-refractivity contribution in [2.75, 3.05) is 0 Å². The molecule has 86 valence electrons. The number of para-hydroxylation sites is 1. The van der Waals surface area contributed by atoms with Gasteiger partial charge in [-0.05, 0) is 27.9 Å². The van der Waals surface area contributed by atoms with Crippen molar-refractivity contribution in [1.29, 1.82) is 0 Å². The standard InChI is InChI=1S/C14H21NSi/c1-14(2,3)16(4,5)13-10-11-8-6-7-9-12(11)15-13/h6-10,15H,1-5H3. The molecule has 1 nitrogen and oxygen atoms in total. The fraction of sp³-hybridized carbons (Fsp3) is 0.429. The first-order valence-electron chi connectivity index (χ1n) is 5.90. The van der Waals surface area contributed by atoms with Crippen LogP contribution in [0.2, 0.25) is 18.1 Å². The molecule has 1 heterocycles. The number of rotatable bonds is 1. The molecule has 0 amide bonds. The molecule has 0 aliphatic rings. The molecule has 0 bridgehead atoms. The van der Waals surface area contributed by atoms with Crippen molar-refractivity contribution in [3.63, 3.8) is 0 Å². The van der Waals surface area contributed by atoms with E-state index in [4.69, 9.17) is 0 Å². The van der Waals surface area contributed by atoms with Crippen LogP contribution >= 0.6 is 0 Å². The van der Waals surface area contributed by atoms with Crippen LogP contribution in [0.4, 0.5) is 0 Å². The van der Waals surface area contributed by atoms with Crippen molar-refractivity contribution in [3.8, 4) is 0 Å². The average molecular weight is 231 g/mol. The molecule has 1 aromatic heterocycles. The molecular formula is C14H21NSi. The fourth-order valence-electron chi connectivity index (χ4n) is 1.81. The summed E-state index contributed by atoms with van der Waals surface area (Å²) in [5.74, 6) is 0. The Morgan fingerprint density at radius 3 is 2.25 bits per heavy atom. The van der Waals surface area contributed by atoms with E-state index in [1.807, 2.05) is 0 Å². The summed E-state index contributed by atoms with van der Waals surface area (Å²) in [6.45, 7) is 11.9. The summed E-state index contributed by atoms with van der Waals surface area (Å²) in [5, 5.41) is 3.18. The lowest BCUT2D eigenvalue weighted by molar-refractivity contribution is 0.728. The maximum Gasteiger partial charge on any atom is 0.106 e. The second-order valence-electron chi connectivity index (χ2n) is 6.15. The number of hydrogen-bond acceptors (Lipinski definition) is 0. The van der Waals surface area contributed by atoms with Crippen LogP contribution in [0.5, 0.6) is 0 Å². The molecule has 0 atom stereocenters. The summed E-state index contributed by atoms with van der Waals surface area (Å²) >= 11 is 0. The Morgan fingerprint density at radius 1 is 1.06 bits per heavy atom. The molecule has 0 spiro atoms. The second-order valence-corrected chi connectivity index (χ2v) is 11.4. The van der Waals surface area contributed by atoms with Gasteiger partial charge in [-0.2, -0.15) is 0 Å². The van der Waals surface area contributed by atoms with Crippen molar-refractivity contribution < 1.29 is 0 Å². The van der Waals surface area contributed by atoms with E-state index >= 15 is 0 Å². The molecule has 2 aromatic rings. The first kappa shape index (κ1) is 11.5. The van der Waals surface area contributed by atoms with Crippen LogP contribution < -0.4 is 5.32 Å². The van der Waals surface area contributed by atoms with E-state index in [9.17, 15) is 0 Å². The molecule has 2 rings (SSSR count). The van der Waals surface area contributed by atoms with Crippen molar-refractivity contribution in [2.24, 2.45) is 0 Å². The molecule has 0 radical (unpaired) electrons. The molecule has 0 aliphatic carbocycles. The highest BCUT2D eigenvalue weighted by atomic mass is 28.3. The SMILES string of the molecule is CC(C)(C)[Si](C)(C)c1cc2ccccc2[nH]1. The highest BCUT2D eigenvalue weighted by Gasteiger charge is 2.38. The van der Waals surface area contributed by atoms with E-state index in [1.165, 1.54) is 16.2 Å². The highest BCUT2D eigenvalue weighted by Crippen LogP contribution is 2.35. The minimum Gasteiger partial charge on any atom is -0.362 e. The zero-order chi connectivity index (χ0) is 12.0. The normalized spacial score (nSPS) is 13.3. The minimum atomic E-state index is -1.42. The van der Waals surface area contributed by atoms with E-state index in [0.717, 1.165) is 0 Å². The van der Waals surface area contributed by atoms with Crippen molar-refractivity contribution in [1.82, 2.24) is 4.98 Å². The van der Waals surface area contributed by atoms with Gasteiger partial charge in [0.15, 0.2) is 0 Å². The largest absolute Gasteiger partial charge is 0.362 e. The number of aromatic nitrogens is 1. The van der Waals surface area contributed by atoms with Crippen molar-refractivity contribution in [3.05, 3.63) is 30.3 Å². The van der Waals surface area contributed by atoms with Crippen LogP contribution in [0.3, 0.4) is 0 Å². The molecule has 16 heavy (non-hydrogen) atoms. The third-order valence-electron chi connectivity index (χ3n) is 4.08. The van der Waals surface area contributed by atoms with Crippen LogP contribution in [-0.2, 0) is 0 Å². The Morgan fingerprint density at radius 2 is 1.69 bits per heavy atom. The predicted molar refractivity (Wildman–Crippen MR) is 75.1 cm³/mol. The molecule has 1 N–H and O–H groups in total. The number of H-pyrrole nitrogens is 1. The van der Waals surface area contributed by atoms with Crippen molar-refractivity contribution in [2.45, 2.75) is 38.9 Å². The maximum atomic E-state index is 3.60. The number of aromatic amines is 1. The molecule has 0 fully saturated rings. The monoisotopic (exact) mass is 231 g/mol. The Bertz CT molecular complexity index is 470. The van der Waals surface area contributed by atoms with Gasteiger partial charge in [0.05, 0.1) is 0 Å². The zero-order valence-corrected chi connectivity index (χ0v) is 11.9. The number of fused-ring (bicyclic) bond motifs is 1. The van der Waals surface area contributed by atoms with Crippen LogP contribution in [0.15, 0.2) is 30.3 Å². The number of benzene rings is 1. The molecular weight excluding hydrogens is 210 g/mol. The van der Waals surface area contributed by atoms with E-state index in [0.29, 0.717) is 5.04 Å². The van der Waals surface area contributed by atoms with Gasteiger partial charge in [0.25, 0.3) is 0 Å². The quantitative estimate of drug-likeness (QED) is 0.717. The van der Waals surface area contributed by atoms with Gasteiger partial charge < -0.3 is 4.98 Å². The van der Waals surface area contributed by atoms with E-state index in [1.54, 1.807) is 0 Å². The van der Waals surface area contributed by atoms with Gasteiger partial charge in [-0.1, -0.05) is 52.1 Å². The second kappa shape index (κ2) is 3.49. The van der Waals surface area contributed by atoms with Crippen LogP contribution in [-0.4, -0.2) is 13.1 Å². The van der Waals surface area contributed by atoms with Gasteiger partial charge in [0.2, 0.25) is 0 Å². The van der Waals surface area contributed by atoms with Gasteiger partial charge in [-0.15, -0.1) is 0 Å². The third-order valence-corrected chi connectivity index (χ3v) is 9.44. The van der Waals surface area contributed by atoms with Gasteiger partial charge >= 0.3 is 0 Å². The van der Waals surface area contributed by atoms with Crippen LogP contribution in [0, 0.1) is 0 Å². The Hall–Kier alpha value is -1.02. The Labute approximate surface area is 98.9 Å². The lowest BCUT2D eigenvalue weighted by Crippen LogP contribution is -2.50. The average Bonchev–Trinajstić information content (AvgIpc) is 2.59. The number of nitrogens with one attached hydrogen (secondary N) is 1. The van der Waals surface area contributed by atoms with Crippen LogP contribution in [0.1, 0.15) is 20.8 Å². The van der Waals surface area contributed by atoms with Crippen LogP contribution in [0.25, 0.3) is 10.9 Å². The lowest BCUT2D eigenvalue weighted by Gasteiger charge is -2.36. The molecule has 0 unspecified atom stereocenters. The van der Waals surface area contributed by atoms with Gasteiger partial charge in [0.1, 0.15) is 8.07 Å². The van der Waals surface area contributed by atoms with E-state index in [2.05, 4.69) is 69.2 Å². The predicted octanol–water partition coefficient (Wildman–Crippen LogP) is 3.88. The van der Waals surface area contributed by atoms with Gasteiger partial charge in [0, 0.05) is 5.52 Å². The molecule has 1 aromatic carbocycles. The zero-order valence-electron chi connectivity index (χ0n) is 10.9. The summed E-state index contributed by atoms with van der Waals surface area (Å²) in [4.78, 5) is 3.60. The van der Waals surface area contributed by atoms with Crippen molar-refractivity contribution >= 4 is 24.3 Å². The molecule has 0 saturated carbocycles. The molecule has 2 heteroatoms. The molecule has 0 aliphatic heterocycles. The van der Waals surface area contributed by atoms with E-state index in [-0.39, 0.29) is 0 Å². The summed E-state index contributed by atoms with van der Waals surface area (Å²) < 4.78 is 0. The first-order chi connectivity index (χ1) is 7.32. The number of hydrogen-bond donors (Lipinski definition) is 1. The Balaban J connectivity index is 2.56. The Kier molecular flexibility index (Phi) is 2.50. The molecule has 0 saturated heterocycles. The summed E-state index contributed by atoms with van der Waals surface area (Å²) in [5.41, 5.74) is 1.27. The maximum absolute atomic E-state index is 3.60.